The Bertz CT molecular complexity index is 819. The summed E-state index contributed by atoms with van der Waals surface area (Å²) in [5, 5.41) is 0. The van der Waals surface area contributed by atoms with Gasteiger partial charge in [-0.05, 0) is 30.2 Å². The summed E-state index contributed by atoms with van der Waals surface area (Å²) >= 11 is 0. The quantitative estimate of drug-likeness (QED) is 0.630. The van der Waals surface area contributed by atoms with Gasteiger partial charge in [0.2, 0.25) is 11.6 Å². The van der Waals surface area contributed by atoms with Crippen molar-refractivity contribution in [2.45, 2.75) is 12.3 Å². The Labute approximate surface area is 134 Å². The summed E-state index contributed by atoms with van der Waals surface area (Å²) in [5.74, 6) is -9.20. The largest absolute Gasteiger partial charge is 0.497 e. The lowest BCUT2D eigenvalue weighted by atomic mass is 9.93. The van der Waals surface area contributed by atoms with E-state index >= 15 is 0 Å². The molecule has 0 fully saturated rings. The molecule has 0 spiro atoms. The van der Waals surface area contributed by atoms with E-state index < -0.39 is 46.3 Å². The zero-order chi connectivity index (χ0) is 17.6. The Kier molecular flexibility index (Phi) is 3.95. The standard InChI is InChI=1S/C17H12F4O3/c1-23-8-3-4-9-7(5-8)6-10(16(9)22)11-12(18)14(20)17(24-2)15(21)13(11)19/h3-5,10H,6H2,1-2H3. The maximum absolute atomic E-state index is 14.2. The van der Waals surface area contributed by atoms with E-state index in [9.17, 15) is 22.4 Å². The zero-order valence-corrected chi connectivity index (χ0v) is 12.8. The van der Waals surface area contributed by atoms with Gasteiger partial charge >= 0.3 is 0 Å². The van der Waals surface area contributed by atoms with Gasteiger partial charge in [-0.2, -0.15) is 8.78 Å². The van der Waals surface area contributed by atoms with E-state index in [-0.39, 0.29) is 12.0 Å². The Morgan fingerprint density at radius 1 is 0.958 bits per heavy atom. The number of halogens is 4. The van der Waals surface area contributed by atoms with Gasteiger partial charge in [0.1, 0.15) is 5.75 Å². The lowest BCUT2D eigenvalue weighted by molar-refractivity contribution is 0.0968. The molecule has 1 aliphatic rings. The highest BCUT2D eigenvalue weighted by Gasteiger charge is 2.39. The molecule has 0 amide bonds. The predicted octanol–water partition coefficient (Wildman–Crippen LogP) is 3.78. The average molecular weight is 340 g/mol. The number of rotatable bonds is 3. The fraction of sp³-hybridized carbons (Fsp3) is 0.235. The van der Waals surface area contributed by atoms with Crippen LogP contribution < -0.4 is 9.47 Å². The fourth-order valence-electron chi connectivity index (χ4n) is 2.95. The van der Waals surface area contributed by atoms with Crippen LogP contribution in [-0.2, 0) is 6.42 Å². The maximum atomic E-state index is 14.2. The van der Waals surface area contributed by atoms with Crippen molar-refractivity contribution in [1.82, 2.24) is 0 Å². The van der Waals surface area contributed by atoms with Crippen molar-refractivity contribution in [3.8, 4) is 11.5 Å². The van der Waals surface area contributed by atoms with Gasteiger partial charge in [-0.15, -0.1) is 0 Å². The molecule has 0 radical (unpaired) electrons. The zero-order valence-electron chi connectivity index (χ0n) is 12.8. The van der Waals surface area contributed by atoms with E-state index in [0.29, 0.717) is 11.3 Å². The van der Waals surface area contributed by atoms with Crippen LogP contribution in [0.4, 0.5) is 17.6 Å². The van der Waals surface area contributed by atoms with Crippen LogP contribution in [0.1, 0.15) is 27.4 Å². The molecule has 0 saturated carbocycles. The summed E-state index contributed by atoms with van der Waals surface area (Å²) in [6.45, 7) is 0. The van der Waals surface area contributed by atoms with Gasteiger partial charge in [-0.1, -0.05) is 0 Å². The summed E-state index contributed by atoms with van der Waals surface area (Å²) in [6.07, 6.45) is -0.0790. The molecule has 0 N–H and O–H groups in total. The molecule has 0 bridgehead atoms. The summed E-state index contributed by atoms with van der Waals surface area (Å²) < 4.78 is 65.7. The third-order valence-corrected chi connectivity index (χ3v) is 4.13. The molecule has 3 rings (SSSR count). The van der Waals surface area contributed by atoms with Crippen LogP contribution in [0.3, 0.4) is 0 Å². The number of hydrogen-bond acceptors (Lipinski definition) is 3. The fourth-order valence-corrected chi connectivity index (χ4v) is 2.95. The van der Waals surface area contributed by atoms with Crippen LogP contribution >= 0.6 is 0 Å². The smallest absolute Gasteiger partial charge is 0.204 e. The van der Waals surface area contributed by atoms with Gasteiger partial charge in [0.15, 0.2) is 23.2 Å². The number of ketones is 1. The van der Waals surface area contributed by atoms with E-state index in [1.807, 2.05) is 0 Å². The second-order valence-corrected chi connectivity index (χ2v) is 5.35. The van der Waals surface area contributed by atoms with Crippen LogP contribution in [-0.4, -0.2) is 20.0 Å². The van der Waals surface area contributed by atoms with Crippen molar-refractivity contribution in [3.63, 3.8) is 0 Å². The number of fused-ring (bicyclic) bond motifs is 1. The van der Waals surface area contributed by atoms with Gasteiger partial charge in [-0.25, -0.2) is 8.78 Å². The third-order valence-electron chi connectivity index (χ3n) is 4.13. The van der Waals surface area contributed by atoms with Gasteiger partial charge in [0.25, 0.3) is 0 Å². The number of Topliss-reactive ketones (excluding diaryl/α,β-unsaturated/α-hetero) is 1. The number of methoxy groups -OCH3 is 2. The molecule has 24 heavy (non-hydrogen) atoms. The minimum atomic E-state index is -1.66. The molecule has 7 heteroatoms. The predicted molar refractivity (Wildman–Crippen MR) is 76.6 cm³/mol. The van der Waals surface area contributed by atoms with Crippen molar-refractivity contribution in [2.75, 3.05) is 14.2 Å². The number of benzene rings is 2. The molecule has 0 saturated heterocycles. The molecular formula is C17H12F4O3. The highest BCUT2D eigenvalue weighted by Crippen LogP contribution is 2.41. The Morgan fingerprint density at radius 3 is 2.12 bits per heavy atom. The number of ether oxygens (including phenoxy) is 2. The molecular weight excluding hydrogens is 328 g/mol. The summed E-state index contributed by atoms with van der Waals surface area (Å²) in [6, 6.07) is 4.54. The minimum Gasteiger partial charge on any atom is -0.497 e. The summed E-state index contributed by atoms with van der Waals surface area (Å²) in [5.41, 5.74) is -0.179. The Hall–Kier alpha value is -2.57. The molecule has 0 aliphatic heterocycles. The lowest BCUT2D eigenvalue weighted by Crippen LogP contribution is -2.15. The van der Waals surface area contributed by atoms with Crippen molar-refractivity contribution in [3.05, 3.63) is 58.2 Å². The van der Waals surface area contributed by atoms with Gasteiger partial charge in [-0.3, -0.25) is 4.79 Å². The molecule has 2 aromatic carbocycles. The van der Waals surface area contributed by atoms with E-state index in [1.54, 1.807) is 6.07 Å². The molecule has 2 aromatic rings. The minimum absolute atomic E-state index is 0.0790. The van der Waals surface area contributed by atoms with Crippen molar-refractivity contribution < 1.29 is 31.8 Å². The monoisotopic (exact) mass is 340 g/mol. The highest BCUT2D eigenvalue weighted by molar-refractivity contribution is 6.05. The van der Waals surface area contributed by atoms with Crippen molar-refractivity contribution >= 4 is 5.78 Å². The first-order valence-electron chi connectivity index (χ1n) is 7.01. The van der Waals surface area contributed by atoms with Crippen molar-refractivity contribution in [1.29, 1.82) is 0 Å². The lowest BCUT2D eigenvalue weighted by Gasteiger charge is -2.14. The molecule has 1 atom stereocenters. The van der Waals surface area contributed by atoms with Crippen LogP contribution in [0.15, 0.2) is 18.2 Å². The molecule has 3 nitrogen and oxygen atoms in total. The highest BCUT2D eigenvalue weighted by atomic mass is 19.2. The first kappa shape index (κ1) is 16.3. The van der Waals surface area contributed by atoms with Gasteiger partial charge in [0, 0.05) is 11.1 Å². The number of hydrogen-bond donors (Lipinski definition) is 0. The molecule has 0 heterocycles. The van der Waals surface area contributed by atoms with Gasteiger partial charge < -0.3 is 9.47 Å². The van der Waals surface area contributed by atoms with E-state index in [2.05, 4.69) is 4.74 Å². The first-order chi connectivity index (χ1) is 11.4. The third kappa shape index (κ3) is 2.23. The van der Waals surface area contributed by atoms with Crippen LogP contribution in [0.25, 0.3) is 0 Å². The normalized spacial score (nSPS) is 16.2. The topological polar surface area (TPSA) is 35.5 Å². The van der Waals surface area contributed by atoms with Crippen LogP contribution in [0.2, 0.25) is 0 Å². The summed E-state index contributed by atoms with van der Waals surface area (Å²) in [7, 11) is 2.33. The van der Waals surface area contributed by atoms with Crippen molar-refractivity contribution in [2.24, 2.45) is 0 Å². The Balaban J connectivity index is 2.13. The molecule has 1 unspecified atom stereocenters. The Morgan fingerprint density at radius 2 is 1.58 bits per heavy atom. The number of carbonyl (C=O) groups is 1. The van der Waals surface area contributed by atoms with E-state index in [0.717, 1.165) is 7.11 Å². The second-order valence-electron chi connectivity index (χ2n) is 5.35. The second kappa shape index (κ2) is 5.81. The first-order valence-corrected chi connectivity index (χ1v) is 7.01. The SMILES string of the molecule is COc1ccc2c(c1)CC(c1c(F)c(F)c(OC)c(F)c1F)C2=O. The summed E-state index contributed by atoms with van der Waals surface area (Å²) in [4.78, 5) is 12.4. The van der Waals surface area contributed by atoms with Crippen LogP contribution in [0.5, 0.6) is 11.5 Å². The average Bonchev–Trinajstić information content (AvgIpc) is 2.90. The van der Waals surface area contributed by atoms with Gasteiger partial charge in [0.05, 0.1) is 20.1 Å². The van der Waals surface area contributed by atoms with E-state index in [4.69, 9.17) is 4.74 Å². The molecule has 1 aliphatic carbocycles. The molecule has 0 aromatic heterocycles. The number of carbonyl (C=O) groups excluding carboxylic acids is 1. The maximum Gasteiger partial charge on any atom is 0.204 e. The van der Waals surface area contributed by atoms with Crippen LogP contribution in [0, 0.1) is 23.3 Å². The molecule has 126 valence electrons. The van der Waals surface area contributed by atoms with E-state index in [1.165, 1.54) is 19.2 Å².